The molecule has 0 spiro atoms. The Kier molecular flexibility index (Phi) is 12.7. The number of rotatable bonds is 15. The van der Waals surface area contributed by atoms with Gasteiger partial charge in [-0.1, -0.05) is 0 Å². The van der Waals surface area contributed by atoms with E-state index in [0.29, 0.717) is 0 Å². The first-order valence-corrected chi connectivity index (χ1v) is 7.52. The van der Waals surface area contributed by atoms with E-state index in [1.807, 2.05) is 0 Å². The van der Waals surface area contributed by atoms with Crippen molar-refractivity contribution < 1.29 is 58.6 Å². The number of carbonyl (C=O) groups is 4. The van der Waals surface area contributed by atoms with Crippen LogP contribution in [0.15, 0.2) is 0 Å². The number of aliphatic hydroxyl groups excluding tert-OH is 2. The Labute approximate surface area is 148 Å². The van der Waals surface area contributed by atoms with Gasteiger partial charge in [0.05, 0.1) is 39.3 Å². The van der Waals surface area contributed by atoms with Crippen LogP contribution in [0.1, 0.15) is 12.8 Å². The lowest BCUT2D eigenvalue weighted by atomic mass is 10.2. The Balaban J connectivity index is 3.49. The number of carbonyl (C=O) groups excluding carboxylic acids is 2. The molecule has 0 aliphatic carbocycles. The van der Waals surface area contributed by atoms with E-state index in [-0.39, 0.29) is 39.6 Å². The van der Waals surface area contributed by atoms with Gasteiger partial charge < -0.3 is 39.4 Å². The highest BCUT2D eigenvalue weighted by atomic mass is 16.6. The van der Waals surface area contributed by atoms with E-state index >= 15 is 0 Å². The molecule has 0 aromatic heterocycles. The van der Waals surface area contributed by atoms with Crippen molar-refractivity contribution in [3.8, 4) is 0 Å². The Morgan fingerprint density at radius 2 is 0.923 bits per heavy atom. The third-order valence-electron chi connectivity index (χ3n) is 2.60. The van der Waals surface area contributed by atoms with Crippen molar-refractivity contribution in [3.05, 3.63) is 0 Å². The minimum Gasteiger partial charge on any atom is -0.481 e. The van der Waals surface area contributed by atoms with E-state index in [1.165, 1.54) is 0 Å². The average Bonchev–Trinajstić information content (AvgIpc) is 2.54. The lowest BCUT2D eigenvalue weighted by Crippen LogP contribution is -2.27. The van der Waals surface area contributed by atoms with Crippen LogP contribution in [0.5, 0.6) is 0 Å². The van der Waals surface area contributed by atoms with Crippen LogP contribution in [0.25, 0.3) is 0 Å². The highest BCUT2D eigenvalue weighted by molar-refractivity contribution is 5.81. The largest absolute Gasteiger partial charge is 0.481 e. The van der Waals surface area contributed by atoms with Gasteiger partial charge in [-0.25, -0.2) is 9.59 Å². The van der Waals surface area contributed by atoms with Gasteiger partial charge in [-0.15, -0.1) is 0 Å². The van der Waals surface area contributed by atoms with Crippen LogP contribution in [0.4, 0.5) is 0 Å². The molecule has 0 saturated heterocycles. The van der Waals surface area contributed by atoms with Crippen molar-refractivity contribution in [2.75, 3.05) is 39.6 Å². The molecule has 12 heteroatoms. The molecule has 0 radical (unpaired) electrons. The molecule has 0 aliphatic rings. The van der Waals surface area contributed by atoms with E-state index in [4.69, 9.17) is 29.9 Å². The van der Waals surface area contributed by atoms with Gasteiger partial charge in [0.25, 0.3) is 0 Å². The molecule has 150 valence electrons. The third kappa shape index (κ3) is 13.1. The van der Waals surface area contributed by atoms with Gasteiger partial charge in [-0.2, -0.15) is 0 Å². The Morgan fingerprint density at radius 1 is 0.615 bits per heavy atom. The van der Waals surface area contributed by atoms with Crippen LogP contribution in [0, 0.1) is 0 Å². The zero-order valence-corrected chi connectivity index (χ0v) is 13.9. The molecule has 0 aliphatic heterocycles. The molecule has 12 nitrogen and oxygen atoms in total. The van der Waals surface area contributed by atoms with Gasteiger partial charge in [0.15, 0.2) is 12.2 Å². The summed E-state index contributed by atoms with van der Waals surface area (Å²) in [6, 6.07) is 0. The number of aliphatic carboxylic acids is 2. The van der Waals surface area contributed by atoms with E-state index in [9.17, 15) is 19.2 Å². The van der Waals surface area contributed by atoms with Gasteiger partial charge in [-0.3, -0.25) is 9.59 Å². The quantitative estimate of drug-likeness (QED) is 0.177. The lowest BCUT2D eigenvalue weighted by Gasteiger charge is -2.10. The predicted octanol–water partition coefficient (Wildman–Crippen LogP) is -2.22. The fraction of sp³-hybridized carbons (Fsp3) is 0.714. The molecule has 2 unspecified atom stereocenters. The third-order valence-corrected chi connectivity index (χ3v) is 2.60. The zero-order chi connectivity index (χ0) is 19.9. The Morgan fingerprint density at radius 3 is 1.23 bits per heavy atom. The molecule has 0 fully saturated rings. The number of esters is 2. The van der Waals surface area contributed by atoms with E-state index in [2.05, 4.69) is 9.47 Å². The second-order valence-corrected chi connectivity index (χ2v) is 4.79. The van der Waals surface area contributed by atoms with Crippen molar-refractivity contribution in [1.82, 2.24) is 0 Å². The monoisotopic (exact) mass is 382 g/mol. The fourth-order valence-electron chi connectivity index (χ4n) is 1.41. The first kappa shape index (κ1) is 23.7. The average molecular weight is 382 g/mol. The lowest BCUT2D eigenvalue weighted by molar-refractivity contribution is -0.160. The Hall–Kier alpha value is -2.28. The number of hydrogen-bond donors (Lipinski definition) is 4. The van der Waals surface area contributed by atoms with Crippen LogP contribution in [-0.4, -0.2) is 96.2 Å². The maximum atomic E-state index is 11.1. The molecule has 0 aromatic carbocycles. The highest BCUT2D eigenvalue weighted by Crippen LogP contribution is 1.96. The van der Waals surface area contributed by atoms with Gasteiger partial charge in [0, 0.05) is 0 Å². The molecule has 0 aromatic rings. The minimum absolute atomic E-state index is 0.00522. The number of carboxylic acids is 2. The molecule has 0 bridgehead atoms. The summed E-state index contributed by atoms with van der Waals surface area (Å²) in [6.45, 7) is -0.0741. The molecule has 0 rings (SSSR count). The second kappa shape index (κ2) is 13.9. The summed E-state index contributed by atoms with van der Waals surface area (Å²) in [4.78, 5) is 42.8. The van der Waals surface area contributed by atoms with Crippen LogP contribution < -0.4 is 0 Å². The van der Waals surface area contributed by atoms with E-state index in [1.54, 1.807) is 0 Å². The molecule has 0 heterocycles. The van der Waals surface area contributed by atoms with Gasteiger partial charge in [0.2, 0.25) is 0 Å². The standard InChI is InChI=1S/C14H22O12/c15-9(7-11(17)18)13(21)25-5-3-23-1-2-24-4-6-26-14(22)10(16)8-12(19)20/h9-10,15-16H,1-8H2,(H,17,18)(H,19,20). The van der Waals surface area contributed by atoms with Crippen molar-refractivity contribution in [2.24, 2.45) is 0 Å². The summed E-state index contributed by atoms with van der Waals surface area (Å²) in [5.74, 6) is -4.77. The summed E-state index contributed by atoms with van der Waals surface area (Å²) in [5, 5.41) is 35.0. The molecular formula is C14H22O12. The maximum Gasteiger partial charge on any atom is 0.335 e. The number of aliphatic hydroxyl groups is 2. The first-order valence-electron chi connectivity index (χ1n) is 7.52. The summed E-state index contributed by atoms with van der Waals surface area (Å²) in [6.07, 6.45) is -4.95. The normalized spacial score (nSPS) is 12.8. The second-order valence-electron chi connectivity index (χ2n) is 4.79. The number of ether oxygens (including phenoxy) is 4. The Bertz CT molecular complexity index is 421. The molecule has 4 N–H and O–H groups in total. The molecule has 2 atom stereocenters. The van der Waals surface area contributed by atoms with E-state index < -0.39 is 48.9 Å². The highest BCUT2D eigenvalue weighted by Gasteiger charge is 2.20. The maximum absolute atomic E-state index is 11.1. The van der Waals surface area contributed by atoms with Crippen LogP contribution in [0.3, 0.4) is 0 Å². The van der Waals surface area contributed by atoms with Crippen molar-refractivity contribution >= 4 is 23.9 Å². The number of hydrogen-bond acceptors (Lipinski definition) is 10. The van der Waals surface area contributed by atoms with Gasteiger partial charge >= 0.3 is 23.9 Å². The van der Waals surface area contributed by atoms with Crippen molar-refractivity contribution in [2.45, 2.75) is 25.0 Å². The van der Waals surface area contributed by atoms with Gasteiger partial charge in [-0.05, 0) is 0 Å². The summed E-state index contributed by atoms with van der Waals surface area (Å²) in [5.41, 5.74) is 0. The van der Waals surface area contributed by atoms with Gasteiger partial charge in [0.1, 0.15) is 13.2 Å². The summed E-state index contributed by atoms with van der Waals surface area (Å²) in [7, 11) is 0. The topological polar surface area (TPSA) is 186 Å². The SMILES string of the molecule is O=C(O)CC(O)C(=O)OCCOCCOCCOC(=O)C(O)CC(=O)O. The van der Waals surface area contributed by atoms with Crippen molar-refractivity contribution in [1.29, 1.82) is 0 Å². The molecular weight excluding hydrogens is 360 g/mol. The molecule has 0 saturated carbocycles. The van der Waals surface area contributed by atoms with Crippen molar-refractivity contribution in [3.63, 3.8) is 0 Å². The summed E-state index contributed by atoms with van der Waals surface area (Å²) < 4.78 is 19.3. The van der Waals surface area contributed by atoms with Crippen LogP contribution >= 0.6 is 0 Å². The first-order chi connectivity index (χ1) is 12.2. The smallest absolute Gasteiger partial charge is 0.335 e. The number of carboxylic acid groups (broad SMARTS) is 2. The zero-order valence-electron chi connectivity index (χ0n) is 13.9. The molecule has 0 amide bonds. The fourth-order valence-corrected chi connectivity index (χ4v) is 1.41. The minimum atomic E-state index is -1.73. The molecule has 26 heavy (non-hydrogen) atoms. The van der Waals surface area contributed by atoms with Crippen LogP contribution in [-0.2, 0) is 38.1 Å². The van der Waals surface area contributed by atoms with E-state index in [0.717, 1.165) is 0 Å². The van der Waals surface area contributed by atoms with Crippen LogP contribution in [0.2, 0.25) is 0 Å². The summed E-state index contributed by atoms with van der Waals surface area (Å²) >= 11 is 0. The predicted molar refractivity (Wildman–Crippen MR) is 80.1 cm³/mol.